The van der Waals surface area contributed by atoms with Crippen molar-refractivity contribution in [3.05, 3.63) is 6.42 Å². The maximum absolute atomic E-state index is 2.42. The van der Waals surface area contributed by atoms with E-state index in [1.807, 2.05) is 0 Å². The Morgan fingerprint density at radius 1 is 1.08 bits per heavy atom. The van der Waals surface area contributed by atoms with Gasteiger partial charge in [0.2, 0.25) is 0 Å². The minimum Gasteiger partial charge on any atom is -0.0625 e. The lowest BCUT2D eigenvalue weighted by Gasteiger charge is -2.31. The van der Waals surface area contributed by atoms with Crippen molar-refractivity contribution in [2.24, 2.45) is 17.8 Å². The number of hydrogen-bond acceptors (Lipinski definition) is 0. The van der Waals surface area contributed by atoms with Gasteiger partial charge in [0.25, 0.3) is 0 Å². The second-order valence-electron chi connectivity index (χ2n) is 4.77. The summed E-state index contributed by atoms with van der Waals surface area (Å²) in [5.74, 6) is 2.99. The first-order valence-electron chi connectivity index (χ1n) is 5.50. The van der Waals surface area contributed by atoms with Crippen molar-refractivity contribution in [1.82, 2.24) is 0 Å². The SMILES string of the molecule is C[CH]CCC1CC(C)CC(C)C1. The Morgan fingerprint density at radius 3 is 2.17 bits per heavy atom. The van der Waals surface area contributed by atoms with Gasteiger partial charge < -0.3 is 0 Å². The molecule has 0 bridgehead atoms. The Kier molecular flexibility index (Phi) is 4.11. The molecule has 1 saturated carbocycles. The largest absolute Gasteiger partial charge is 0.0625 e. The molecule has 0 heteroatoms. The zero-order chi connectivity index (χ0) is 8.97. The van der Waals surface area contributed by atoms with Crippen LogP contribution in [0.1, 0.15) is 52.9 Å². The van der Waals surface area contributed by atoms with E-state index in [1.165, 1.54) is 32.1 Å². The van der Waals surface area contributed by atoms with E-state index in [0.717, 1.165) is 17.8 Å². The summed E-state index contributed by atoms with van der Waals surface area (Å²) in [5, 5.41) is 0. The van der Waals surface area contributed by atoms with Crippen LogP contribution in [0.25, 0.3) is 0 Å². The molecule has 0 spiro atoms. The van der Waals surface area contributed by atoms with E-state index in [0.29, 0.717) is 0 Å². The van der Waals surface area contributed by atoms with Gasteiger partial charge in [0, 0.05) is 0 Å². The Bertz CT molecular complexity index is 107. The van der Waals surface area contributed by atoms with Crippen molar-refractivity contribution >= 4 is 0 Å². The third kappa shape index (κ3) is 3.16. The minimum atomic E-state index is 0.982. The highest BCUT2D eigenvalue weighted by Crippen LogP contribution is 2.35. The van der Waals surface area contributed by atoms with Gasteiger partial charge in [0.05, 0.1) is 0 Å². The fourth-order valence-corrected chi connectivity index (χ4v) is 2.75. The molecule has 12 heavy (non-hydrogen) atoms. The molecule has 0 aromatic rings. The second kappa shape index (κ2) is 4.89. The van der Waals surface area contributed by atoms with Gasteiger partial charge in [0.1, 0.15) is 0 Å². The molecular formula is C12H23. The Labute approximate surface area is 77.7 Å². The zero-order valence-corrected chi connectivity index (χ0v) is 8.84. The van der Waals surface area contributed by atoms with Gasteiger partial charge in [-0.1, -0.05) is 33.6 Å². The van der Waals surface area contributed by atoms with Crippen LogP contribution in [0.2, 0.25) is 0 Å². The van der Waals surface area contributed by atoms with Gasteiger partial charge in [-0.25, -0.2) is 0 Å². The summed E-state index contributed by atoms with van der Waals surface area (Å²) in [6, 6.07) is 0. The topological polar surface area (TPSA) is 0 Å². The summed E-state index contributed by atoms with van der Waals surface area (Å²) in [5.41, 5.74) is 0. The molecule has 0 nitrogen and oxygen atoms in total. The average molecular weight is 167 g/mol. The monoisotopic (exact) mass is 167 g/mol. The van der Waals surface area contributed by atoms with Crippen LogP contribution in [0, 0.1) is 24.2 Å². The summed E-state index contributed by atoms with van der Waals surface area (Å²) in [4.78, 5) is 0. The van der Waals surface area contributed by atoms with Crippen molar-refractivity contribution in [1.29, 1.82) is 0 Å². The molecule has 0 heterocycles. The van der Waals surface area contributed by atoms with Crippen LogP contribution >= 0.6 is 0 Å². The molecular weight excluding hydrogens is 144 g/mol. The molecule has 71 valence electrons. The second-order valence-corrected chi connectivity index (χ2v) is 4.77. The lowest BCUT2D eigenvalue weighted by molar-refractivity contribution is 0.210. The van der Waals surface area contributed by atoms with E-state index in [4.69, 9.17) is 0 Å². The molecule has 1 aliphatic carbocycles. The van der Waals surface area contributed by atoms with Crippen molar-refractivity contribution in [2.75, 3.05) is 0 Å². The molecule has 1 radical (unpaired) electrons. The number of unbranched alkanes of at least 4 members (excludes halogenated alkanes) is 1. The summed E-state index contributed by atoms with van der Waals surface area (Å²) >= 11 is 0. The van der Waals surface area contributed by atoms with Crippen molar-refractivity contribution < 1.29 is 0 Å². The van der Waals surface area contributed by atoms with E-state index in [-0.39, 0.29) is 0 Å². The van der Waals surface area contributed by atoms with E-state index >= 15 is 0 Å². The standard InChI is InChI=1S/C12H23/c1-4-5-6-12-8-10(2)7-11(3)9-12/h4,10-12H,5-9H2,1-3H3. The lowest BCUT2D eigenvalue weighted by atomic mass is 9.75. The van der Waals surface area contributed by atoms with Crippen LogP contribution in [0.3, 0.4) is 0 Å². The van der Waals surface area contributed by atoms with Crippen molar-refractivity contribution in [3.8, 4) is 0 Å². The van der Waals surface area contributed by atoms with Gasteiger partial charge in [-0.2, -0.15) is 0 Å². The van der Waals surface area contributed by atoms with E-state index in [1.54, 1.807) is 0 Å². The van der Waals surface area contributed by atoms with Gasteiger partial charge >= 0.3 is 0 Å². The quantitative estimate of drug-likeness (QED) is 0.594. The Morgan fingerprint density at radius 2 is 1.67 bits per heavy atom. The highest BCUT2D eigenvalue weighted by atomic mass is 14.3. The predicted octanol–water partition coefficient (Wildman–Crippen LogP) is 4.06. The molecule has 2 unspecified atom stereocenters. The smallest absolute Gasteiger partial charge is 0.0409 e. The Hall–Kier alpha value is 0. The van der Waals surface area contributed by atoms with Gasteiger partial charge in [-0.3, -0.25) is 0 Å². The van der Waals surface area contributed by atoms with Gasteiger partial charge in [-0.15, -0.1) is 0 Å². The third-order valence-corrected chi connectivity index (χ3v) is 3.14. The first-order valence-corrected chi connectivity index (χ1v) is 5.50. The molecule has 2 atom stereocenters. The van der Waals surface area contributed by atoms with Gasteiger partial charge in [-0.05, 0) is 43.4 Å². The number of hydrogen-bond donors (Lipinski definition) is 0. The van der Waals surface area contributed by atoms with E-state index < -0.39 is 0 Å². The first kappa shape index (κ1) is 10.1. The third-order valence-electron chi connectivity index (χ3n) is 3.14. The van der Waals surface area contributed by atoms with E-state index in [9.17, 15) is 0 Å². The molecule has 1 aliphatic rings. The first-order chi connectivity index (χ1) is 5.72. The van der Waals surface area contributed by atoms with Crippen molar-refractivity contribution in [3.63, 3.8) is 0 Å². The number of rotatable bonds is 3. The molecule has 0 amide bonds. The maximum atomic E-state index is 2.42. The molecule has 0 N–H and O–H groups in total. The van der Waals surface area contributed by atoms with Crippen LogP contribution in [0.5, 0.6) is 0 Å². The fourth-order valence-electron chi connectivity index (χ4n) is 2.75. The van der Waals surface area contributed by atoms with Crippen molar-refractivity contribution in [2.45, 2.75) is 52.9 Å². The van der Waals surface area contributed by atoms with E-state index in [2.05, 4.69) is 27.2 Å². The highest BCUT2D eigenvalue weighted by molar-refractivity contribution is 4.75. The predicted molar refractivity (Wildman–Crippen MR) is 54.9 cm³/mol. The summed E-state index contributed by atoms with van der Waals surface area (Å²) < 4.78 is 0. The molecule has 0 aromatic heterocycles. The molecule has 0 saturated heterocycles. The molecule has 1 fully saturated rings. The van der Waals surface area contributed by atoms with Crippen LogP contribution in [0.4, 0.5) is 0 Å². The molecule has 0 aromatic carbocycles. The van der Waals surface area contributed by atoms with Gasteiger partial charge in [0.15, 0.2) is 0 Å². The van der Waals surface area contributed by atoms with Crippen LogP contribution < -0.4 is 0 Å². The van der Waals surface area contributed by atoms with Crippen LogP contribution in [-0.2, 0) is 0 Å². The molecule has 0 aliphatic heterocycles. The fraction of sp³-hybridized carbons (Fsp3) is 0.917. The Balaban J connectivity index is 2.24. The molecule has 1 rings (SSSR count). The summed E-state index contributed by atoms with van der Waals surface area (Å²) in [7, 11) is 0. The maximum Gasteiger partial charge on any atom is -0.0409 e. The lowest BCUT2D eigenvalue weighted by Crippen LogP contribution is -2.19. The summed E-state index contributed by atoms with van der Waals surface area (Å²) in [6.45, 7) is 7.01. The minimum absolute atomic E-state index is 0.982. The average Bonchev–Trinajstić information content (AvgIpc) is 1.99. The van der Waals surface area contributed by atoms with Crippen LogP contribution in [-0.4, -0.2) is 0 Å². The zero-order valence-electron chi connectivity index (χ0n) is 8.84. The highest BCUT2D eigenvalue weighted by Gasteiger charge is 2.22. The van der Waals surface area contributed by atoms with Crippen LogP contribution in [0.15, 0.2) is 0 Å². The normalized spacial score (nSPS) is 36.8. The summed E-state index contributed by atoms with van der Waals surface area (Å²) in [6.07, 6.45) is 9.50.